The molecule has 0 radical (unpaired) electrons. The van der Waals surface area contributed by atoms with E-state index in [9.17, 15) is 4.39 Å². The Morgan fingerprint density at radius 2 is 2.00 bits per heavy atom. The van der Waals surface area contributed by atoms with Crippen LogP contribution in [0.5, 0.6) is 0 Å². The van der Waals surface area contributed by atoms with Gasteiger partial charge in [-0.2, -0.15) is 0 Å². The minimum atomic E-state index is -0.250. The third-order valence-electron chi connectivity index (χ3n) is 4.42. The summed E-state index contributed by atoms with van der Waals surface area (Å²) in [6.45, 7) is 3.03. The zero-order valence-corrected chi connectivity index (χ0v) is 12.0. The highest BCUT2D eigenvalue weighted by molar-refractivity contribution is 5.21. The lowest BCUT2D eigenvalue weighted by molar-refractivity contribution is 0.132. The molecule has 0 spiro atoms. The van der Waals surface area contributed by atoms with Gasteiger partial charge in [-0.1, -0.05) is 38.0 Å². The highest BCUT2D eigenvalue weighted by Gasteiger charge is 2.26. The Bertz CT molecular complexity index is 407. The fourth-order valence-corrected chi connectivity index (χ4v) is 3.27. The van der Waals surface area contributed by atoms with Crippen LogP contribution in [0.3, 0.4) is 0 Å². The van der Waals surface area contributed by atoms with E-state index in [0.29, 0.717) is 17.5 Å². The molecular formula is C16H25FN2. The third-order valence-corrected chi connectivity index (χ3v) is 4.42. The number of rotatable bonds is 4. The monoisotopic (exact) mass is 264 g/mol. The van der Waals surface area contributed by atoms with E-state index in [1.165, 1.54) is 31.7 Å². The summed E-state index contributed by atoms with van der Waals surface area (Å²) in [4.78, 5) is 2.32. The summed E-state index contributed by atoms with van der Waals surface area (Å²) in [6, 6.07) is 7.17. The molecule has 0 heterocycles. The predicted octanol–water partition coefficient (Wildman–Crippen LogP) is 3.34. The zero-order chi connectivity index (χ0) is 13.8. The molecule has 19 heavy (non-hydrogen) atoms. The number of hydrogen-bond donors (Lipinski definition) is 1. The molecule has 1 aromatic rings. The SMILES string of the molecule is CC1CCCCC1N(C)CC(N)c1ccccc1F. The molecule has 1 aliphatic rings. The summed E-state index contributed by atoms with van der Waals surface area (Å²) in [6.07, 6.45) is 5.17. The molecule has 0 aliphatic heterocycles. The highest BCUT2D eigenvalue weighted by Crippen LogP contribution is 2.28. The Hall–Kier alpha value is -0.930. The molecule has 0 aromatic heterocycles. The molecule has 1 fully saturated rings. The second-order valence-corrected chi connectivity index (χ2v) is 5.90. The van der Waals surface area contributed by atoms with Crippen LogP contribution in [0.25, 0.3) is 0 Å². The van der Waals surface area contributed by atoms with Crippen molar-refractivity contribution in [3.63, 3.8) is 0 Å². The molecule has 2 N–H and O–H groups in total. The molecule has 0 bridgehead atoms. The highest BCUT2D eigenvalue weighted by atomic mass is 19.1. The van der Waals surface area contributed by atoms with Crippen LogP contribution in [-0.4, -0.2) is 24.5 Å². The zero-order valence-electron chi connectivity index (χ0n) is 12.0. The van der Waals surface area contributed by atoms with Crippen LogP contribution in [-0.2, 0) is 0 Å². The van der Waals surface area contributed by atoms with Gasteiger partial charge in [0.25, 0.3) is 0 Å². The number of halogens is 1. The normalized spacial score (nSPS) is 25.5. The van der Waals surface area contributed by atoms with Gasteiger partial charge in [-0.3, -0.25) is 0 Å². The molecule has 3 unspecified atom stereocenters. The maximum absolute atomic E-state index is 13.7. The first-order valence-electron chi connectivity index (χ1n) is 7.30. The molecule has 106 valence electrons. The number of hydrogen-bond acceptors (Lipinski definition) is 2. The van der Waals surface area contributed by atoms with Crippen molar-refractivity contribution in [2.45, 2.75) is 44.7 Å². The van der Waals surface area contributed by atoms with Crippen molar-refractivity contribution in [3.8, 4) is 0 Å². The predicted molar refractivity (Wildman–Crippen MR) is 77.4 cm³/mol. The third kappa shape index (κ3) is 3.54. The van der Waals surface area contributed by atoms with Gasteiger partial charge in [-0.05, 0) is 31.9 Å². The largest absolute Gasteiger partial charge is 0.323 e. The van der Waals surface area contributed by atoms with Crippen LogP contribution in [0, 0.1) is 11.7 Å². The van der Waals surface area contributed by atoms with Crippen molar-refractivity contribution in [2.24, 2.45) is 11.7 Å². The van der Waals surface area contributed by atoms with Crippen LogP contribution in [0.4, 0.5) is 4.39 Å². The molecule has 3 heteroatoms. The molecule has 0 amide bonds. The number of nitrogens with zero attached hydrogens (tertiary/aromatic N) is 1. The van der Waals surface area contributed by atoms with Crippen molar-refractivity contribution < 1.29 is 4.39 Å². The Morgan fingerprint density at radius 3 is 2.68 bits per heavy atom. The van der Waals surface area contributed by atoms with E-state index in [1.807, 2.05) is 6.07 Å². The smallest absolute Gasteiger partial charge is 0.128 e. The standard InChI is InChI=1S/C16H25FN2/c1-12-7-3-6-10-16(12)19(2)11-15(18)13-8-4-5-9-14(13)17/h4-5,8-9,12,15-16H,3,6-7,10-11,18H2,1-2H3. The van der Waals surface area contributed by atoms with E-state index >= 15 is 0 Å². The van der Waals surface area contributed by atoms with Gasteiger partial charge in [0.1, 0.15) is 5.82 Å². The van der Waals surface area contributed by atoms with Crippen LogP contribution in [0.1, 0.15) is 44.2 Å². The number of nitrogens with two attached hydrogens (primary N) is 1. The van der Waals surface area contributed by atoms with Crippen LogP contribution in [0.15, 0.2) is 24.3 Å². The summed E-state index contributed by atoms with van der Waals surface area (Å²) in [5, 5.41) is 0. The van der Waals surface area contributed by atoms with E-state index < -0.39 is 0 Å². The summed E-state index contributed by atoms with van der Waals surface area (Å²) in [5.41, 5.74) is 6.79. The Balaban J connectivity index is 1.98. The first kappa shape index (κ1) is 14.5. The molecule has 0 saturated heterocycles. The van der Waals surface area contributed by atoms with Crippen LogP contribution in [0.2, 0.25) is 0 Å². The minimum absolute atomic E-state index is 0.194. The summed E-state index contributed by atoms with van der Waals surface area (Å²) in [5.74, 6) is 0.520. The molecule has 2 rings (SSSR count). The lowest BCUT2D eigenvalue weighted by Gasteiger charge is -2.37. The molecule has 1 aliphatic carbocycles. The summed E-state index contributed by atoms with van der Waals surface area (Å²) >= 11 is 0. The van der Waals surface area contributed by atoms with Crippen molar-refractivity contribution >= 4 is 0 Å². The fourth-order valence-electron chi connectivity index (χ4n) is 3.27. The maximum atomic E-state index is 13.7. The average molecular weight is 264 g/mol. The average Bonchev–Trinajstić information content (AvgIpc) is 2.39. The van der Waals surface area contributed by atoms with Crippen LogP contribution < -0.4 is 5.73 Å². The molecular weight excluding hydrogens is 239 g/mol. The fraction of sp³-hybridized carbons (Fsp3) is 0.625. The second kappa shape index (κ2) is 6.49. The van der Waals surface area contributed by atoms with E-state index in [-0.39, 0.29) is 11.9 Å². The van der Waals surface area contributed by atoms with E-state index in [1.54, 1.807) is 12.1 Å². The van der Waals surface area contributed by atoms with E-state index in [4.69, 9.17) is 5.73 Å². The quantitative estimate of drug-likeness (QED) is 0.903. The maximum Gasteiger partial charge on any atom is 0.128 e. The Morgan fingerprint density at radius 1 is 1.32 bits per heavy atom. The first-order chi connectivity index (χ1) is 9.09. The van der Waals surface area contributed by atoms with Crippen molar-refractivity contribution in [2.75, 3.05) is 13.6 Å². The van der Waals surface area contributed by atoms with Gasteiger partial charge in [0.05, 0.1) is 0 Å². The Kier molecular flexibility index (Phi) is 4.94. The van der Waals surface area contributed by atoms with Crippen molar-refractivity contribution in [1.29, 1.82) is 0 Å². The van der Waals surface area contributed by atoms with Crippen molar-refractivity contribution in [1.82, 2.24) is 4.90 Å². The lowest BCUT2D eigenvalue weighted by atomic mass is 9.85. The second-order valence-electron chi connectivity index (χ2n) is 5.90. The van der Waals surface area contributed by atoms with Gasteiger partial charge in [-0.25, -0.2) is 4.39 Å². The minimum Gasteiger partial charge on any atom is -0.323 e. The van der Waals surface area contributed by atoms with Gasteiger partial charge in [0, 0.05) is 24.2 Å². The number of benzene rings is 1. The molecule has 2 nitrogen and oxygen atoms in total. The van der Waals surface area contributed by atoms with E-state index in [0.717, 1.165) is 6.54 Å². The van der Waals surface area contributed by atoms with Gasteiger partial charge in [0.15, 0.2) is 0 Å². The van der Waals surface area contributed by atoms with E-state index in [2.05, 4.69) is 18.9 Å². The van der Waals surface area contributed by atoms with Gasteiger partial charge >= 0.3 is 0 Å². The number of likely N-dealkylation sites (N-methyl/N-ethyl adjacent to an activating group) is 1. The lowest BCUT2D eigenvalue weighted by Crippen LogP contribution is -2.42. The summed E-state index contributed by atoms with van der Waals surface area (Å²) in [7, 11) is 2.12. The molecule has 3 atom stereocenters. The van der Waals surface area contributed by atoms with Crippen LogP contribution >= 0.6 is 0 Å². The molecule has 1 aromatic carbocycles. The topological polar surface area (TPSA) is 29.3 Å². The first-order valence-corrected chi connectivity index (χ1v) is 7.30. The molecule has 1 saturated carbocycles. The van der Waals surface area contributed by atoms with Gasteiger partial charge < -0.3 is 10.6 Å². The van der Waals surface area contributed by atoms with Gasteiger partial charge in [0.2, 0.25) is 0 Å². The Labute approximate surface area is 115 Å². The summed E-state index contributed by atoms with van der Waals surface area (Å²) < 4.78 is 13.7. The van der Waals surface area contributed by atoms with Crippen molar-refractivity contribution in [3.05, 3.63) is 35.6 Å². The van der Waals surface area contributed by atoms with Gasteiger partial charge in [-0.15, -0.1) is 0 Å².